The van der Waals surface area contributed by atoms with Gasteiger partial charge in [0.25, 0.3) is 5.91 Å². The topological polar surface area (TPSA) is 74.9 Å². The first kappa shape index (κ1) is 25.0. The third-order valence-electron chi connectivity index (χ3n) is 8.42. The first-order chi connectivity index (χ1) is 18.8. The highest BCUT2D eigenvalue weighted by Gasteiger charge is 2.56. The number of carbonyl (C=O) groups is 2. The van der Waals surface area contributed by atoms with Gasteiger partial charge in [0, 0.05) is 29.9 Å². The van der Waals surface area contributed by atoms with Gasteiger partial charge in [0.05, 0.1) is 26.5 Å². The zero-order valence-electron chi connectivity index (χ0n) is 22.8. The van der Waals surface area contributed by atoms with Gasteiger partial charge in [0.2, 0.25) is 5.91 Å². The maximum Gasteiger partial charge on any atom is 0.254 e. The molecule has 1 saturated heterocycles. The minimum Gasteiger partial charge on any atom is -0.493 e. The van der Waals surface area contributed by atoms with Crippen LogP contribution in [0.1, 0.15) is 40.8 Å². The summed E-state index contributed by atoms with van der Waals surface area (Å²) in [5.74, 6) is 1.18. The van der Waals surface area contributed by atoms with Crippen LogP contribution in [0, 0.1) is 6.92 Å². The van der Waals surface area contributed by atoms with Gasteiger partial charge in [-0.25, -0.2) is 0 Å². The molecule has 4 aromatic rings. The Morgan fingerprint density at radius 3 is 2.46 bits per heavy atom. The van der Waals surface area contributed by atoms with Crippen LogP contribution in [0.3, 0.4) is 0 Å². The largest absolute Gasteiger partial charge is 0.493 e. The van der Waals surface area contributed by atoms with E-state index in [0.717, 1.165) is 33.3 Å². The highest BCUT2D eigenvalue weighted by atomic mass is 16.5. The average Bonchev–Trinajstić information content (AvgIpc) is 3.35. The summed E-state index contributed by atoms with van der Waals surface area (Å²) in [6.45, 7) is 4.93. The van der Waals surface area contributed by atoms with Crippen LogP contribution in [0.5, 0.6) is 11.5 Å². The molecule has 3 aromatic carbocycles. The van der Waals surface area contributed by atoms with Crippen molar-refractivity contribution in [2.45, 2.75) is 31.7 Å². The van der Waals surface area contributed by atoms with E-state index in [1.165, 1.54) is 5.56 Å². The Balaban J connectivity index is 1.38. The van der Waals surface area contributed by atoms with Gasteiger partial charge in [-0.1, -0.05) is 54.1 Å². The number of H-pyrrole nitrogens is 1. The molecule has 0 radical (unpaired) electrons. The highest BCUT2D eigenvalue weighted by Crippen LogP contribution is 2.48. The second kappa shape index (κ2) is 9.49. The number of fused-ring (bicyclic) bond motifs is 5. The van der Waals surface area contributed by atoms with E-state index in [9.17, 15) is 9.59 Å². The fraction of sp³-hybridized carbons (Fsp3) is 0.312. The fourth-order valence-electron chi connectivity index (χ4n) is 6.25. The van der Waals surface area contributed by atoms with Gasteiger partial charge in [-0.15, -0.1) is 0 Å². The molecule has 2 aliphatic heterocycles. The summed E-state index contributed by atoms with van der Waals surface area (Å²) in [6, 6.07) is 22.4. The predicted octanol–water partition coefficient (Wildman–Crippen LogP) is 4.77. The first-order valence-electron chi connectivity index (χ1n) is 13.3. The van der Waals surface area contributed by atoms with E-state index in [1.807, 2.05) is 43.3 Å². The number of ether oxygens (including phenoxy) is 2. The van der Waals surface area contributed by atoms with Crippen LogP contribution >= 0.6 is 0 Å². The summed E-state index contributed by atoms with van der Waals surface area (Å²) in [7, 11) is 3.21. The molecule has 0 aliphatic carbocycles. The Kier molecular flexibility index (Phi) is 6.09. The van der Waals surface area contributed by atoms with Gasteiger partial charge in [0.15, 0.2) is 17.0 Å². The second-order valence-corrected chi connectivity index (χ2v) is 10.7. The van der Waals surface area contributed by atoms with Gasteiger partial charge >= 0.3 is 0 Å². The van der Waals surface area contributed by atoms with E-state index in [2.05, 4.69) is 42.2 Å². The number of rotatable bonds is 6. The molecule has 7 heteroatoms. The van der Waals surface area contributed by atoms with E-state index in [4.69, 9.17) is 9.47 Å². The van der Waals surface area contributed by atoms with Crippen molar-refractivity contribution in [2.24, 2.45) is 0 Å². The number of hydrogen-bond donors (Lipinski definition) is 1. The molecule has 0 spiro atoms. The summed E-state index contributed by atoms with van der Waals surface area (Å²) in [5, 5.41) is 1.10. The molecule has 3 heterocycles. The maximum absolute atomic E-state index is 14.3. The molecule has 0 bridgehead atoms. The molecule has 1 N–H and O–H groups in total. The smallest absolute Gasteiger partial charge is 0.254 e. The van der Waals surface area contributed by atoms with Crippen molar-refractivity contribution in [1.82, 2.24) is 14.8 Å². The number of nitrogens with zero attached hydrogens (tertiary/aromatic N) is 2. The summed E-state index contributed by atoms with van der Waals surface area (Å²) in [6.07, 6.45) is 0.598. The van der Waals surface area contributed by atoms with E-state index in [0.29, 0.717) is 31.0 Å². The number of piperazine rings is 1. The zero-order valence-corrected chi connectivity index (χ0v) is 22.8. The minimum absolute atomic E-state index is 0.0279. The SMILES string of the molecule is COc1ccc(CCN2CC(=O)N3CC(c4ccc(C)cc4)c4c([nH]c5ccccc45)C3(C)C2=O)cc1OC. The third kappa shape index (κ3) is 3.95. The third-order valence-corrected chi connectivity index (χ3v) is 8.42. The molecule has 6 rings (SSSR count). The summed E-state index contributed by atoms with van der Waals surface area (Å²) in [4.78, 5) is 35.1. The summed E-state index contributed by atoms with van der Waals surface area (Å²) < 4.78 is 10.8. The number of nitrogens with one attached hydrogen (secondary N) is 1. The molecule has 1 fully saturated rings. The van der Waals surface area contributed by atoms with Crippen LogP contribution in [-0.2, 0) is 21.5 Å². The Morgan fingerprint density at radius 1 is 0.974 bits per heavy atom. The molecule has 1 aromatic heterocycles. The van der Waals surface area contributed by atoms with Crippen molar-refractivity contribution in [3.63, 3.8) is 0 Å². The second-order valence-electron chi connectivity index (χ2n) is 10.7. The van der Waals surface area contributed by atoms with Crippen LogP contribution in [0.25, 0.3) is 10.9 Å². The lowest BCUT2D eigenvalue weighted by Gasteiger charge is -2.51. The quantitative estimate of drug-likeness (QED) is 0.395. The first-order valence-corrected chi connectivity index (χ1v) is 13.3. The van der Waals surface area contributed by atoms with Crippen LogP contribution in [0.2, 0.25) is 0 Å². The maximum atomic E-state index is 14.3. The Hall–Kier alpha value is -4.26. The standard InChI is InChI=1S/C32H33N3O4/c1-20-9-12-22(13-10-20)24-18-35-28(36)19-34(16-15-21-11-14-26(38-3)27(17-21)39-4)31(37)32(35,2)30-29(24)23-7-5-6-8-25(23)33-30/h5-14,17,24,33H,15-16,18-19H2,1-4H3. The van der Waals surface area contributed by atoms with E-state index in [-0.39, 0.29) is 24.3 Å². The molecule has 2 atom stereocenters. The van der Waals surface area contributed by atoms with Crippen LogP contribution in [0.4, 0.5) is 0 Å². The highest BCUT2D eigenvalue weighted by molar-refractivity contribution is 6.01. The van der Waals surface area contributed by atoms with Gasteiger partial charge in [-0.05, 0) is 55.2 Å². The van der Waals surface area contributed by atoms with Gasteiger partial charge in [-0.3, -0.25) is 9.59 Å². The Labute approximate surface area is 228 Å². The predicted molar refractivity (Wildman–Crippen MR) is 150 cm³/mol. The summed E-state index contributed by atoms with van der Waals surface area (Å²) in [5.41, 5.74) is 5.13. The van der Waals surface area contributed by atoms with Gasteiger partial charge in [-0.2, -0.15) is 0 Å². The van der Waals surface area contributed by atoms with Crippen molar-refractivity contribution in [2.75, 3.05) is 33.9 Å². The molecule has 7 nitrogen and oxygen atoms in total. The number of hydrogen-bond acceptors (Lipinski definition) is 4. The lowest BCUT2D eigenvalue weighted by atomic mass is 9.76. The monoisotopic (exact) mass is 523 g/mol. The Bertz CT molecular complexity index is 1570. The molecule has 0 saturated carbocycles. The van der Waals surface area contributed by atoms with Crippen molar-refractivity contribution >= 4 is 22.7 Å². The zero-order chi connectivity index (χ0) is 27.3. The molecule has 39 heavy (non-hydrogen) atoms. The molecular formula is C32H33N3O4. The van der Waals surface area contributed by atoms with Crippen molar-refractivity contribution in [1.29, 1.82) is 0 Å². The number of benzene rings is 3. The lowest BCUT2D eigenvalue weighted by Crippen LogP contribution is -2.67. The molecule has 2 amide bonds. The lowest BCUT2D eigenvalue weighted by molar-refractivity contribution is -0.166. The number of para-hydroxylation sites is 1. The van der Waals surface area contributed by atoms with Crippen molar-refractivity contribution in [3.8, 4) is 11.5 Å². The molecule has 2 unspecified atom stereocenters. The minimum atomic E-state index is -1.11. The number of carbonyl (C=O) groups excluding carboxylic acids is 2. The normalized spacial score (nSPS) is 20.7. The van der Waals surface area contributed by atoms with Crippen LogP contribution in [-0.4, -0.2) is 60.5 Å². The van der Waals surface area contributed by atoms with E-state index in [1.54, 1.807) is 24.0 Å². The van der Waals surface area contributed by atoms with Crippen molar-refractivity contribution in [3.05, 3.63) is 94.7 Å². The average molecular weight is 524 g/mol. The number of methoxy groups -OCH3 is 2. The number of amides is 2. The number of aryl methyl sites for hydroxylation is 1. The van der Waals surface area contributed by atoms with E-state index < -0.39 is 5.54 Å². The number of aromatic amines is 1. The summed E-state index contributed by atoms with van der Waals surface area (Å²) >= 11 is 0. The Morgan fingerprint density at radius 2 is 1.72 bits per heavy atom. The van der Waals surface area contributed by atoms with Crippen LogP contribution in [0.15, 0.2) is 66.7 Å². The molecular weight excluding hydrogens is 490 g/mol. The van der Waals surface area contributed by atoms with Gasteiger partial charge < -0.3 is 24.3 Å². The van der Waals surface area contributed by atoms with Gasteiger partial charge in [0.1, 0.15) is 0 Å². The van der Waals surface area contributed by atoms with Crippen molar-refractivity contribution < 1.29 is 19.1 Å². The fourth-order valence-corrected chi connectivity index (χ4v) is 6.25. The molecule has 2 aliphatic rings. The molecule has 200 valence electrons. The van der Waals surface area contributed by atoms with Crippen LogP contribution < -0.4 is 9.47 Å². The van der Waals surface area contributed by atoms with E-state index >= 15 is 0 Å². The number of aromatic nitrogens is 1.